The zero-order valence-electron chi connectivity index (χ0n) is 16.6. The van der Waals surface area contributed by atoms with Gasteiger partial charge in [0.25, 0.3) is 0 Å². The van der Waals surface area contributed by atoms with Crippen LogP contribution in [0.2, 0.25) is 10.0 Å². The van der Waals surface area contributed by atoms with Crippen LogP contribution in [0.25, 0.3) is 6.08 Å². The minimum atomic E-state index is -0.551. The molecule has 0 unspecified atom stereocenters. The van der Waals surface area contributed by atoms with E-state index in [0.717, 1.165) is 0 Å². The molecule has 0 N–H and O–H groups in total. The van der Waals surface area contributed by atoms with E-state index < -0.39 is 5.97 Å². The number of fused-ring (bicyclic) bond motifs is 1. The molecule has 0 radical (unpaired) electrons. The van der Waals surface area contributed by atoms with E-state index in [-0.39, 0.29) is 17.3 Å². The molecule has 7 heteroatoms. The average molecular weight is 455 g/mol. The van der Waals surface area contributed by atoms with Crippen molar-refractivity contribution in [3.8, 4) is 17.2 Å². The highest BCUT2D eigenvalue weighted by Gasteiger charge is 2.31. The van der Waals surface area contributed by atoms with Crippen molar-refractivity contribution in [2.45, 2.75) is 6.92 Å². The van der Waals surface area contributed by atoms with Crippen molar-refractivity contribution in [2.24, 2.45) is 0 Å². The van der Waals surface area contributed by atoms with Crippen LogP contribution in [0.3, 0.4) is 0 Å². The maximum Gasteiger partial charge on any atom is 0.343 e. The van der Waals surface area contributed by atoms with Gasteiger partial charge >= 0.3 is 5.97 Å². The highest BCUT2D eigenvalue weighted by Crippen LogP contribution is 2.40. The Hall–Kier alpha value is -3.28. The van der Waals surface area contributed by atoms with Crippen molar-refractivity contribution < 1.29 is 23.8 Å². The maximum atomic E-state index is 12.8. The Bertz CT molecular complexity index is 1230. The Labute approximate surface area is 188 Å². The van der Waals surface area contributed by atoms with E-state index in [4.69, 9.17) is 37.4 Å². The number of ether oxygens (including phenoxy) is 3. The number of esters is 1. The molecule has 31 heavy (non-hydrogen) atoms. The quantitative estimate of drug-likeness (QED) is 0.269. The van der Waals surface area contributed by atoms with E-state index in [1.54, 1.807) is 61.5 Å². The first-order valence-electron chi connectivity index (χ1n) is 9.27. The van der Waals surface area contributed by atoms with Gasteiger partial charge in [-0.3, -0.25) is 4.79 Å². The Balaban J connectivity index is 1.63. The van der Waals surface area contributed by atoms with E-state index in [9.17, 15) is 9.59 Å². The molecule has 0 aliphatic carbocycles. The fourth-order valence-electron chi connectivity index (χ4n) is 3.17. The number of Topliss-reactive ketones (excluding diaryl/α,β-unsaturated/α-hetero) is 1. The molecule has 0 amide bonds. The van der Waals surface area contributed by atoms with Crippen LogP contribution in [0.5, 0.6) is 17.2 Å². The number of carbonyl (C=O) groups excluding carboxylic acids is 2. The van der Waals surface area contributed by atoms with Gasteiger partial charge in [0, 0.05) is 21.2 Å². The summed E-state index contributed by atoms with van der Waals surface area (Å²) in [4.78, 5) is 25.4. The lowest BCUT2D eigenvalue weighted by Crippen LogP contribution is -2.09. The van der Waals surface area contributed by atoms with Gasteiger partial charge in [-0.05, 0) is 55.5 Å². The molecule has 5 nitrogen and oxygen atoms in total. The van der Waals surface area contributed by atoms with Crippen LogP contribution >= 0.6 is 23.2 Å². The van der Waals surface area contributed by atoms with Crippen molar-refractivity contribution in [2.75, 3.05) is 7.11 Å². The lowest BCUT2D eigenvalue weighted by Gasteiger charge is -2.10. The zero-order chi connectivity index (χ0) is 22.1. The van der Waals surface area contributed by atoms with Crippen molar-refractivity contribution in [1.82, 2.24) is 0 Å². The van der Waals surface area contributed by atoms with Crippen molar-refractivity contribution in [3.05, 3.63) is 92.7 Å². The molecule has 1 heterocycles. The molecule has 3 aromatic carbocycles. The second-order valence-corrected chi connectivity index (χ2v) is 7.58. The molecule has 3 aromatic rings. The van der Waals surface area contributed by atoms with Crippen molar-refractivity contribution in [3.63, 3.8) is 0 Å². The fourth-order valence-corrected chi connectivity index (χ4v) is 3.67. The Morgan fingerprint density at radius 2 is 1.74 bits per heavy atom. The molecule has 0 atom stereocenters. The van der Waals surface area contributed by atoms with Crippen LogP contribution in [0, 0.1) is 6.92 Å². The summed E-state index contributed by atoms with van der Waals surface area (Å²) in [6, 6.07) is 14.8. The Morgan fingerprint density at radius 1 is 1.03 bits per heavy atom. The molecule has 0 bridgehead atoms. The highest BCUT2D eigenvalue weighted by molar-refractivity contribution is 6.37. The molecule has 0 saturated carbocycles. The summed E-state index contributed by atoms with van der Waals surface area (Å²) in [7, 11) is 1.52. The zero-order valence-corrected chi connectivity index (χ0v) is 18.1. The Kier molecular flexibility index (Phi) is 5.72. The van der Waals surface area contributed by atoms with E-state index >= 15 is 0 Å². The van der Waals surface area contributed by atoms with Crippen LogP contribution in [-0.4, -0.2) is 18.9 Å². The van der Waals surface area contributed by atoms with Gasteiger partial charge < -0.3 is 14.2 Å². The first kappa shape index (κ1) is 21.0. The molecule has 1 aliphatic heterocycles. The number of benzene rings is 3. The van der Waals surface area contributed by atoms with E-state index in [0.29, 0.717) is 43.8 Å². The van der Waals surface area contributed by atoms with Crippen molar-refractivity contribution in [1.29, 1.82) is 0 Å². The monoisotopic (exact) mass is 454 g/mol. The first-order valence-corrected chi connectivity index (χ1v) is 10.0. The summed E-state index contributed by atoms with van der Waals surface area (Å²) in [5, 5.41) is 0.800. The maximum absolute atomic E-state index is 12.8. The predicted octanol–water partition coefficient (Wildman–Crippen LogP) is 6.15. The first-order chi connectivity index (χ1) is 14.9. The minimum absolute atomic E-state index is 0.0874. The number of methoxy groups -OCH3 is 1. The average Bonchev–Trinajstić information content (AvgIpc) is 3.09. The van der Waals surface area contributed by atoms with E-state index in [1.807, 2.05) is 0 Å². The number of ketones is 1. The number of hydrogen-bond acceptors (Lipinski definition) is 5. The molecular weight excluding hydrogens is 439 g/mol. The molecule has 0 aromatic heterocycles. The third kappa shape index (κ3) is 4.02. The van der Waals surface area contributed by atoms with Gasteiger partial charge in [0.05, 0.1) is 18.2 Å². The third-order valence-corrected chi connectivity index (χ3v) is 5.48. The molecule has 156 valence electrons. The number of carbonyl (C=O) groups is 2. The van der Waals surface area contributed by atoms with Gasteiger partial charge in [0.1, 0.15) is 17.2 Å². The lowest BCUT2D eigenvalue weighted by molar-refractivity contribution is 0.0732. The molecular formula is C24H16Cl2O5. The summed E-state index contributed by atoms with van der Waals surface area (Å²) >= 11 is 12.4. The normalized spacial score (nSPS) is 13.7. The summed E-state index contributed by atoms with van der Waals surface area (Å²) in [5.74, 6) is 0.392. The highest BCUT2D eigenvalue weighted by atomic mass is 35.5. The summed E-state index contributed by atoms with van der Waals surface area (Å²) in [6.45, 7) is 1.71. The molecule has 1 aliphatic rings. The predicted molar refractivity (Wildman–Crippen MR) is 119 cm³/mol. The van der Waals surface area contributed by atoms with E-state index in [2.05, 4.69) is 0 Å². The molecule has 0 saturated heterocycles. The minimum Gasteiger partial charge on any atom is -0.497 e. The second kappa shape index (κ2) is 8.46. The number of allylic oxidation sites excluding steroid dienone is 1. The van der Waals surface area contributed by atoms with Crippen molar-refractivity contribution >= 4 is 41.0 Å². The van der Waals surface area contributed by atoms with E-state index in [1.165, 1.54) is 13.2 Å². The number of halogens is 2. The van der Waals surface area contributed by atoms with Gasteiger partial charge in [0.2, 0.25) is 5.78 Å². The molecule has 4 rings (SSSR count). The van der Waals surface area contributed by atoms with Gasteiger partial charge in [-0.25, -0.2) is 4.79 Å². The summed E-state index contributed by atoms with van der Waals surface area (Å²) < 4.78 is 16.5. The van der Waals surface area contributed by atoms with Gasteiger partial charge in [-0.15, -0.1) is 0 Å². The van der Waals surface area contributed by atoms with Crippen LogP contribution in [0.4, 0.5) is 0 Å². The van der Waals surface area contributed by atoms with Gasteiger partial charge in [-0.2, -0.15) is 0 Å². The summed E-state index contributed by atoms with van der Waals surface area (Å²) in [5.41, 5.74) is 1.72. The largest absolute Gasteiger partial charge is 0.497 e. The van der Waals surface area contributed by atoms with Crippen LogP contribution in [-0.2, 0) is 0 Å². The van der Waals surface area contributed by atoms with Crippen LogP contribution < -0.4 is 14.2 Å². The third-order valence-electron chi connectivity index (χ3n) is 4.82. The SMILES string of the molecule is COc1cccc(C(=O)Oc2ccc3c(c2C)O/C(=C\c2c(Cl)cccc2Cl)C3=O)c1. The Morgan fingerprint density at radius 3 is 2.45 bits per heavy atom. The van der Waals surface area contributed by atoms with Gasteiger partial charge in [-0.1, -0.05) is 35.3 Å². The number of rotatable bonds is 4. The van der Waals surface area contributed by atoms with Gasteiger partial charge in [0.15, 0.2) is 5.76 Å². The fraction of sp³-hybridized carbons (Fsp3) is 0.0833. The molecule has 0 spiro atoms. The number of hydrogen-bond donors (Lipinski definition) is 0. The summed E-state index contributed by atoms with van der Waals surface area (Å²) in [6.07, 6.45) is 1.51. The van der Waals surface area contributed by atoms with Crippen LogP contribution in [0.1, 0.15) is 31.8 Å². The standard InChI is InChI=1S/C24H16Cl2O5/c1-13-20(31-24(28)14-5-3-6-15(11-14)29-2)10-9-16-22(27)21(30-23(13)16)12-17-18(25)7-4-8-19(17)26/h3-12H,1-2H3/b21-12-. The van der Waals surface area contributed by atoms with Crippen LogP contribution in [0.15, 0.2) is 60.4 Å². The smallest absolute Gasteiger partial charge is 0.343 e. The topological polar surface area (TPSA) is 61.8 Å². The lowest BCUT2D eigenvalue weighted by atomic mass is 10.1. The molecule has 0 fully saturated rings. The second-order valence-electron chi connectivity index (χ2n) is 6.76.